The molecule has 116 valence electrons. The van der Waals surface area contributed by atoms with Crippen molar-refractivity contribution in [3.63, 3.8) is 0 Å². The SMILES string of the molecule is CC(C)CN(CC(=O)O)C(=O)CCn1cnc([N+](=O)[O-])c1. The summed E-state index contributed by atoms with van der Waals surface area (Å²) in [5, 5.41) is 19.3. The quantitative estimate of drug-likeness (QED) is 0.558. The Morgan fingerprint density at radius 2 is 2.19 bits per heavy atom. The molecule has 0 fully saturated rings. The van der Waals surface area contributed by atoms with Crippen molar-refractivity contribution in [3.8, 4) is 0 Å². The van der Waals surface area contributed by atoms with Crippen LogP contribution in [0.1, 0.15) is 20.3 Å². The molecule has 0 aliphatic carbocycles. The first kappa shape index (κ1) is 16.6. The Balaban J connectivity index is 2.59. The average molecular weight is 298 g/mol. The maximum absolute atomic E-state index is 12.0. The highest BCUT2D eigenvalue weighted by Crippen LogP contribution is 2.08. The molecular formula is C12H18N4O5. The highest BCUT2D eigenvalue weighted by atomic mass is 16.6. The standard InChI is InChI=1S/C12H18N4O5/c1-9(2)5-15(7-12(18)19)11(17)3-4-14-6-10(13-8-14)16(20)21/h6,8-9H,3-5,7H2,1-2H3,(H,18,19). The summed E-state index contributed by atoms with van der Waals surface area (Å²) in [4.78, 5) is 37.5. The van der Waals surface area contributed by atoms with Gasteiger partial charge in [-0.25, -0.2) is 0 Å². The van der Waals surface area contributed by atoms with Gasteiger partial charge in [0.15, 0.2) is 0 Å². The summed E-state index contributed by atoms with van der Waals surface area (Å²) in [6.07, 6.45) is 2.57. The lowest BCUT2D eigenvalue weighted by molar-refractivity contribution is -0.389. The molecule has 0 aromatic carbocycles. The van der Waals surface area contributed by atoms with Crippen molar-refractivity contribution in [2.75, 3.05) is 13.1 Å². The van der Waals surface area contributed by atoms with Gasteiger partial charge in [0, 0.05) is 19.5 Å². The molecule has 1 N–H and O–H groups in total. The molecule has 1 heterocycles. The van der Waals surface area contributed by atoms with Gasteiger partial charge in [-0.05, 0) is 15.8 Å². The predicted molar refractivity (Wildman–Crippen MR) is 72.6 cm³/mol. The third-order valence-corrected chi connectivity index (χ3v) is 2.65. The fourth-order valence-corrected chi connectivity index (χ4v) is 1.81. The van der Waals surface area contributed by atoms with Crippen LogP contribution in [0.4, 0.5) is 5.82 Å². The molecule has 0 aliphatic heterocycles. The molecule has 0 unspecified atom stereocenters. The van der Waals surface area contributed by atoms with Crippen molar-refractivity contribution >= 4 is 17.7 Å². The zero-order chi connectivity index (χ0) is 16.0. The van der Waals surface area contributed by atoms with E-state index in [-0.39, 0.29) is 37.2 Å². The molecular weight excluding hydrogens is 280 g/mol. The second-order valence-corrected chi connectivity index (χ2v) is 5.04. The van der Waals surface area contributed by atoms with E-state index in [0.29, 0.717) is 6.54 Å². The fraction of sp³-hybridized carbons (Fsp3) is 0.583. The van der Waals surface area contributed by atoms with Gasteiger partial charge in [0.1, 0.15) is 12.7 Å². The van der Waals surface area contributed by atoms with E-state index in [4.69, 9.17) is 5.11 Å². The molecule has 0 atom stereocenters. The molecule has 21 heavy (non-hydrogen) atoms. The summed E-state index contributed by atoms with van der Waals surface area (Å²) in [5.74, 6) is -1.50. The van der Waals surface area contributed by atoms with Crippen molar-refractivity contribution in [2.45, 2.75) is 26.8 Å². The molecule has 0 spiro atoms. The first-order valence-electron chi connectivity index (χ1n) is 6.45. The highest BCUT2D eigenvalue weighted by molar-refractivity contribution is 5.81. The number of aliphatic carboxylic acids is 1. The minimum atomic E-state index is -1.07. The fourth-order valence-electron chi connectivity index (χ4n) is 1.81. The Bertz CT molecular complexity index is 525. The highest BCUT2D eigenvalue weighted by Gasteiger charge is 2.18. The van der Waals surface area contributed by atoms with Crippen molar-refractivity contribution in [2.24, 2.45) is 5.92 Å². The van der Waals surface area contributed by atoms with Gasteiger partial charge >= 0.3 is 11.8 Å². The summed E-state index contributed by atoms with van der Waals surface area (Å²) in [6.45, 7) is 4.01. The van der Waals surface area contributed by atoms with Gasteiger partial charge in [0.2, 0.25) is 12.2 Å². The van der Waals surface area contributed by atoms with Crippen LogP contribution in [0, 0.1) is 16.0 Å². The summed E-state index contributed by atoms with van der Waals surface area (Å²) >= 11 is 0. The largest absolute Gasteiger partial charge is 0.480 e. The molecule has 9 heteroatoms. The van der Waals surface area contributed by atoms with Gasteiger partial charge in [0.25, 0.3) is 0 Å². The van der Waals surface area contributed by atoms with Crippen LogP contribution in [0.25, 0.3) is 0 Å². The summed E-state index contributed by atoms with van der Waals surface area (Å²) in [6, 6.07) is 0. The number of rotatable bonds is 8. The van der Waals surface area contributed by atoms with E-state index < -0.39 is 10.9 Å². The van der Waals surface area contributed by atoms with Gasteiger partial charge in [-0.2, -0.15) is 0 Å². The van der Waals surface area contributed by atoms with Crippen LogP contribution in [-0.4, -0.2) is 49.4 Å². The Morgan fingerprint density at radius 3 is 2.67 bits per heavy atom. The normalized spacial score (nSPS) is 10.6. The van der Waals surface area contributed by atoms with Gasteiger partial charge in [-0.15, -0.1) is 0 Å². The minimum Gasteiger partial charge on any atom is -0.480 e. The lowest BCUT2D eigenvalue weighted by Gasteiger charge is -2.22. The maximum atomic E-state index is 12.0. The first-order valence-corrected chi connectivity index (χ1v) is 6.45. The second kappa shape index (κ2) is 7.36. The molecule has 9 nitrogen and oxygen atoms in total. The Labute approximate surface area is 121 Å². The maximum Gasteiger partial charge on any atom is 0.381 e. The number of carboxylic acids is 1. The van der Waals surface area contributed by atoms with E-state index in [1.165, 1.54) is 22.0 Å². The van der Waals surface area contributed by atoms with Crippen LogP contribution in [0.5, 0.6) is 0 Å². The number of carbonyl (C=O) groups excluding carboxylic acids is 1. The molecule has 0 radical (unpaired) electrons. The van der Waals surface area contributed by atoms with Crippen molar-refractivity contribution in [1.82, 2.24) is 14.5 Å². The van der Waals surface area contributed by atoms with Gasteiger partial charge < -0.3 is 24.7 Å². The van der Waals surface area contributed by atoms with E-state index in [9.17, 15) is 19.7 Å². The molecule has 1 aromatic rings. The van der Waals surface area contributed by atoms with Crippen molar-refractivity contribution < 1.29 is 19.6 Å². The topological polar surface area (TPSA) is 119 Å². The van der Waals surface area contributed by atoms with Crippen LogP contribution < -0.4 is 0 Å². The number of hydrogen-bond acceptors (Lipinski definition) is 5. The first-order chi connectivity index (χ1) is 9.79. The van der Waals surface area contributed by atoms with E-state index in [1.807, 2.05) is 13.8 Å². The molecule has 0 aliphatic rings. The number of aromatic nitrogens is 2. The van der Waals surface area contributed by atoms with Crippen molar-refractivity contribution in [3.05, 3.63) is 22.6 Å². The number of carboxylic acid groups (broad SMARTS) is 1. The third kappa shape index (κ3) is 5.59. The number of amides is 1. The van der Waals surface area contributed by atoms with Crippen LogP contribution >= 0.6 is 0 Å². The Kier molecular flexibility index (Phi) is 5.82. The van der Waals surface area contributed by atoms with Gasteiger partial charge in [-0.1, -0.05) is 13.8 Å². The van der Waals surface area contributed by atoms with E-state index in [2.05, 4.69) is 4.98 Å². The molecule has 0 saturated heterocycles. The van der Waals surface area contributed by atoms with E-state index >= 15 is 0 Å². The molecule has 1 amide bonds. The Morgan fingerprint density at radius 1 is 1.52 bits per heavy atom. The van der Waals surface area contributed by atoms with Crippen LogP contribution in [0.3, 0.4) is 0 Å². The van der Waals surface area contributed by atoms with Gasteiger partial charge in [0.05, 0.1) is 0 Å². The van der Waals surface area contributed by atoms with Crippen molar-refractivity contribution in [1.29, 1.82) is 0 Å². The zero-order valence-corrected chi connectivity index (χ0v) is 11.9. The number of nitrogens with zero attached hydrogens (tertiary/aromatic N) is 4. The molecule has 1 aromatic heterocycles. The number of carbonyl (C=O) groups is 2. The van der Waals surface area contributed by atoms with Crippen LogP contribution in [0.15, 0.2) is 12.5 Å². The number of aryl methyl sites for hydroxylation is 1. The molecule has 0 bridgehead atoms. The minimum absolute atomic E-state index is 0.0630. The monoisotopic (exact) mass is 298 g/mol. The average Bonchev–Trinajstić information content (AvgIpc) is 2.82. The zero-order valence-electron chi connectivity index (χ0n) is 11.9. The van der Waals surface area contributed by atoms with Crippen LogP contribution in [0.2, 0.25) is 0 Å². The number of hydrogen-bond donors (Lipinski definition) is 1. The molecule has 1 rings (SSSR count). The smallest absolute Gasteiger partial charge is 0.381 e. The summed E-state index contributed by atoms with van der Waals surface area (Å²) < 4.78 is 1.43. The summed E-state index contributed by atoms with van der Waals surface area (Å²) in [7, 11) is 0. The van der Waals surface area contributed by atoms with Gasteiger partial charge in [-0.3, -0.25) is 9.59 Å². The van der Waals surface area contributed by atoms with Crippen LogP contribution in [-0.2, 0) is 16.1 Å². The number of nitro groups is 1. The van der Waals surface area contributed by atoms with E-state index in [1.54, 1.807) is 0 Å². The lowest BCUT2D eigenvalue weighted by Crippen LogP contribution is -2.38. The van der Waals surface area contributed by atoms with E-state index in [0.717, 1.165) is 0 Å². The Hall–Kier alpha value is -2.45. The predicted octanol–water partition coefficient (Wildman–Crippen LogP) is 0.751. The third-order valence-electron chi connectivity index (χ3n) is 2.65. The molecule has 0 saturated carbocycles. The second-order valence-electron chi connectivity index (χ2n) is 5.04. The number of imidazole rings is 1. The lowest BCUT2D eigenvalue weighted by atomic mass is 10.2. The summed E-state index contributed by atoms with van der Waals surface area (Å²) in [5.41, 5.74) is 0.